The highest BCUT2D eigenvalue weighted by atomic mass is 35.5. The summed E-state index contributed by atoms with van der Waals surface area (Å²) in [6.45, 7) is 4.46. The highest BCUT2D eigenvalue weighted by Crippen LogP contribution is 2.23. The lowest BCUT2D eigenvalue weighted by Crippen LogP contribution is -2.25. The van der Waals surface area contributed by atoms with Crippen molar-refractivity contribution in [3.8, 4) is 0 Å². The Morgan fingerprint density at radius 3 is 3.26 bits per heavy atom. The third-order valence-electron chi connectivity index (χ3n) is 3.42. The second-order valence-corrected chi connectivity index (χ2v) is 5.17. The normalized spacial score (nSPS) is 19.8. The first-order chi connectivity index (χ1) is 9.25. The minimum atomic E-state index is 0.461. The molecule has 0 spiro atoms. The average Bonchev–Trinajstić information content (AvgIpc) is 2.88. The van der Waals surface area contributed by atoms with Gasteiger partial charge in [-0.25, -0.2) is 0 Å². The van der Waals surface area contributed by atoms with E-state index in [2.05, 4.69) is 20.4 Å². The van der Waals surface area contributed by atoms with E-state index in [0.717, 1.165) is 37.6 Å². The lowest BCUT2D eigenvalue weighted by Gasteiger charge is -2.23. The maximum Gasteiger partial charge on any atom is 0.255 e. The van der Waals surface area contributed by atoms with Gasteiger partial charge in [-0.2, -0.15) is 19.6 Å². The van der Waals surface area contributed by atoms with Crippen LogP contribution in [-0.2, 0) is 4.74 Å². The van der Waals surface area contributed by atoms with Crippen LogP contribution in [0, 0.1) is 12.8 Å². The van der Waals surface area contributed by atoms with E-state index in [1.54, 1.807) is 4.52 Å². The molecular weight excluding hydrogens is 266 g/mol. The fraction of sp³-hybridized carbons (Fsp3) is 0.583. The van der Waals surface area contributed by atoms with E-state index < -0.39 is 0 Å². The molecule has 0 saturated carbocycles. The fourth-order valence-corrected chi connectivity index (χ4v) is 2.48. The molecule has 2 aromatic rings. The van der Waals surface area contributed by atoms with Crippen LogP contribution in [0.4, 0.5) is 5.82 Å². The second-order valence-electron chi connectivity index (χ2n) is 4.81. The molecule has 0 aromatic carbocycles. The number of fused-ring (bicyclic) bond motifs is 1. The summed E-state index contributed by atoms with van der Waals surface area (Å²) < 4.78 is 7.17. The third kappa shape index (κ3) is 2.50. The predicted octanol–water partition coefficient (Wildman–Crippen LogP) is 1.92. The average molecular weight is 282 g/mol. The molecule has 0 amide bonds. The van der Waals surface area contributed by atoms with E-state index in [-0.39, 0.29) is 0 Å². The van der Waals surface area contributed by atoms with Gasteiger partial charge in [0.25, 0.3) is 5.78 Å². The van der Waals surface area contributed by atoms with E-state index >= 15 is 0 Å². The van der Waals surface area contributed by atoms with Crippen LogP contribution in [0.5, 0.6) is 0 Å². The van der Waals surface area contributed by atoms with Crippen molar-refractivity contribution in [2.45, 2.75) is 19.8 Å². The number of halogens is 1. The van der Waals surface area contributed by atoms with Crippen molar-refractivity contribution < 1.29 is 4.74 Å². The number of hydrogen-bond donors (Lipinski definition) is 1. The topological polar surface area (TPSA) is 64.3 Å². The molecule has 0 bridgehead atoms. The molecule has 19 heavy (non-hydrogen) atoms. The standard InChI is InChI=1S/C12H16ClN5O/c1-8-10(13)17-12-15-7-16-18(12)11(8)14-5-9-3-2-4-19-6-9/h7,9,14H,2-6H2,1H3. The summed E-state index contributed by atoms with van der Waals surface area (Å²) in [5.74, 6) is 1.90. The van der Waals surface area contributed by atoms with Crippen molar-refractivity contribution in [2.24, 2.45) is 5.92 Å². The van der Waals surface area contributed by atoms with E-state index in [0.29, 0.717) is 16.8 Å². The van der Waals surface area contributed by atoms with Crippen molar-refractivity contribution in [1.82, 2.24) is 19.6 Å². The summed E-state index contributed by atoms with van der Waals surface area (Å²) >= 11 is 6.11. The third-order valence-corrected chi connectivity index (χ3v) is 3.79. The highest BCUT2D eigenvalue weighted by molar-refractivity contribution is 6.30. The first kappa shape index (κ1) is 12.6. The molecule has 1 aliphatic heterocycles. The van der Waals surface area contributed by atoms with Gasteiger partial charge in [0.2, 0.25) is 0 Å². The summed E-state index contributed by atoms with van der Waals surface area (Å²) in [7, 11) is 0. The molecule has 1 N–H and O–H groups in total. The van der Waals surface area contributed by atoms with Gasteiger partial charge in [-0.05, 0) is 25.7 Å². The van der Waals surface area contributed by atoms with Gasteiger partial charge in [0.15, 0.2) is 0 Å². The van der Waals surface area contributed by atoms with Gasteiger partial charge in [0.1, 0.15) is 17.3 Å². The van der Waals surface area contributed by atoms with E-state index in [4.69, 9.17) is 16.3 Å². The van der Waals surface area contributed by atoms with E-state index in [9.17, 15) is 0 Å². The molecule has 0 aliphatic carbocycles. The van der Waals surface area contributed by atoms with Crippen LogP contribution >= 0.6 is 11.6 Å². The number of ether oxygens (including phenoxy) is 1. The summed E-state index contributed by atoms with van der Waals surface area (Å²) in [6, 6.07) is 0. The van der Waals surface area contributed by atoms with Crippen molar-refractivity contribution in [3.05, 3.63) is 17.0 Å². The SMILES string of the molecule is Cc1c(Cl)nc2ncnn2c1NCC1CCCOC1. The number of rotatable bonds is 3. The number of anilines is 1. The first-order valence-corrected chi connectivity index (χ1v) is 6.81. The lowest BCUT2D eigenvalue weighted by atomic mass is 10.0. The summed E-state index contributed by atoms with van der Waals surface area (Å²) in [6.07, 6.45) is 3.79. The Kier molecular flexibility index (Phi) is 3.52. The van der Waals surface area contributed by atoms with E-state index in [1.807, 2.05) is 6.92 Å². The zero-order chi connectivity index (χ0) is 13.2. The molecule has 0 radical (unpaired) electrons. The van der Waals surface area contributed by atoms with Gasteiger partial charge in [-0.1, -0.05) is 11.6 Å². The molecule has 1 atom stereocenters. The van der Waals surface area contributed by atoms with Gasteiger partial charge in [0, 0.05) is 18.7 Å². The first-order valence-electron chi connectivity index (χ1n) is 6.43. The van der Waals surface area contributed by atoms with Crippen LogP contribution < -0.4 is 5.32 Å². The van der Waals surface area contributed by atoms with Crippen molar-refractivity contribution in [1.29, 1.82) is 0 Å². The van der Waals surface area contributed by atoms with Gasteiger partial charge < -0.3 is 10.1 Å². The van der Waals surface area contributed by atoms with Crippen molar-refractivity contribution >= 4 is 23.2 Å². The Bertz CT molecular complexity index is 579. The quantitative estimate of drug-likeness (QED) is 0.871. The van der Waals surface area contributed by atoms with Crippen molar-refractivity contribution in [3.63, 3.8) is 0 Å². The fourth-order valence-electron chi connectivity index (χ4n) is 2.31. The molecular formula is C12H16ClN5O. The molecule has 102 valence electrons. The maximum atomic E-state index is 6.11. The molecule has 1 saturated heterocycles. The number of aromatic nitrogens is 4. The summed E-state index contributed by atoms with van der Waals surface area (Å²) in [5, 5.41) is 8.04. The van der Waals surface area contributed by atoms with Crippen LogP contribution in [0.25, 0.3) is 5.78 Å². The van der Waals surface area contributed by atoms with Crippen LogP contribution in [-0.4, -0.2) is 39.3 Å². The maximum absolute atomic E-state index is 6.11. The van der Waals surface area contributed by atoms with Crippen LogP contribution in [0.3, 0.4) is 0 Å². The molecule has 6 nitrogen and oxygen atoms in total. The Hall–Kier alpha value is -1.40. The number of nitrogens with one attached hydrogen (secondary N) is 1. The Balaban J connectivity index is 1.82. The monoisotopic (exact) mass is 281 g/mol. The predicted molar refractivity (Wildman–Crippen MR) is 72.6 cm³/mol. The smallest absolute Gasteiger partial charge is 0.255 e. The minimum Gasteiger partial charge on any atom is -0.381 e. The lowest BCUT2D eigenvalue weighted by molar-refractivity contribution is 0.0594. The number of nitrogens with zero attached hydrogens (tertiary/aromatic N) is 4. The molecule has 3 heterocycles. The van der Waals surface area contributed by atoms with E-state index in [1.165, 1.54) is 12.7 Å². The zero-order valence-corrected chi connectivity index (χ0v) is 11.5. The van der Waals surface area contributed by atoms with Gasteiger partial charge in [-0.15, -0.1) is 0 Å². The molecule has 1 fully saturated rings. The molecule has 1 aliphatic rings. The molecule has 1 unspecified atom stereocenters. The molecule has 3 rings (SSSR count). The largest absolute Gasteiger partial charge is 0.381 e. The number of hydrogen-bond acceptors (Lipinski definition) is 5. The van der Waals surface area contributed by atoms with Gasteiger partial charge in [0.05, 0.1) is 6.61 Å². The zero-order valence-electron chi connectivity index (χ0n) is 10.8. The minimum absolute atomic E-state index is 0.461. The summed E-state index contributed by atoms with van der Waals surface area (Å²) in [5.41, 5.74) is 0.886. The Labute approximate surface area is 116 Å². The van der Waals surface area contributed by atoms with Crippen LogP contribution in [0.15, 0.2) is 6.33 Å². The second kappa shape index (κ2) is 5.30. The van der Waals surface area contributed by atoms with Gasteiger partial charge in [-0.3, -0.25) is 0 Å². The highest BCUT2D eigenvalue weighted by Gasteiger charge is 2.16. The van der Waals surface area contributed by atoms with Crippen LogP contribution in [0.1, 0.15) is 18.4 Å². The Morgan fingerprint density at radius 1 is 1.58 bits per heavy atom. The van der Waals surface area contributed by atoms with Crippen LogP contribution in [0.2, 0.25) is 5.15 Å². The Morgan fingerprint density at radius 2 is 2.47 bits per heavy atom. The van der Waals surface area contributed by atoms with Crippen molar-refractivity contribution in [2.75, 3.05) is 25.1 Å². The van der Waals surface area contributed by atoms with Gasteiger partial charge >= 0.3 is 0 Å². The summed E-state index contributed by atoms with van der Waals surface area (Å²) in [4.78, 5) is 8.25. The molecule has 7 heteroatoms. The molecule has 2 aromatic heterocycles.